The minimum Gasteiger partial charge on any atom is -0.459 e. The zero-order valence-electron chi connectivity index (χ0n) is 14.1. The van der Waals surface area contributed by atoms with Gasteiger partial charge in [-0.1, -0.05) is 0 Å². The third kappa shape index (κ3) is 5.87. The number of nitrogens with zero attached hydrogens (tertiary/aromatic N) is 1. The van der Waals surface area contributed by atoms with Crippen molar-refractivity contribution < 1.29 is 27.1 Å². The van der Waals surface area contributed by atoms with Crippen LogP contribution in [0.15, 0.2) is 36.2 Å². The smallest absolute Gasteiger partial charge is 0.416 e. The first kappa shape index (κ1) is 20.0. The number of hydrogen-bond acceptors (Lipinski definition) is 3. The van der Waals surface area contributed by atoms with Crippen molar-refractivity contribution in [2.75, 3.05) is 0 Å². The Hall–Kier alpha value is -2.36. The van der Waals surface area contributed by atoms with Crippen LogP contribution in [0.25, 0.3) is 0 Å². The highest BCUT2D eigenvalue weighted by Gasteiger charge is 2.30. The maximum atomic E-state index is 12.7. The van der Waals surface area contributed by atoms with Gasteiger partial charge < -0.3 is 4.74 Å². The van der Waals surface area contributed by atoms with Crippen LogP contribution in [0.2, 0.25) is 0 Å². The molecule has 2 rings (SSSR count). The van der Waals surface area contributed by atoms with Crippen LogP contribution in [-0.2, 0) is 10.9 Å². The number of allylic oxidation sites excluding steroid dienone is 2. The molecule has 0 heterocycles. The zero-order chi connectivity index (χ0) is 19.2. The number of nitriles is 1. The van der Waals surface area contributed by atoms with E-state index < -0.39 is 23.5 Å². The Morgan fingerprint density at radius 3 is 2.35 bits per heavy atom. The van der Waals surface area contributed by atoms with Gasteiger partial charge in [0.25, 0.3) is 0 Å². The van der Waals surface area contributed by atoms with Gasteiger partial charge in [-0.25, -0.2) is 4.79 Å². The first-order valence-electron chi connectivity index (χ1n) is 8.43. The Morgan fingerprint density at radius 2 is 1.81 bits per heavy atom. The van der Waals surface area contributed by atoms with Gasteiger partial charge in [0.05, 0.1) is 11.1 Å². The molecule has 1 saturated carbocycles. The van der Waals surface area contributed by atoms with Gasteiger partial charge in [-0.2, -0.15) is 22.8 Å². The van der Waals surface area contributed by atoms with Gasteiger partial charge in [0, 0.05) is 0 Å². The molecule has 1 fully saturated rings. The van der Waals surface area contributed by atoms with Crippen molar-refractivity contribution in [1.82, 2.24) is 0 Å². The molecule has 0 atom stereocenters. The molecule has 0 radical (unpaired) electrons. The van der Waals surface area contributed by atoms with Crippen LogP contribution >= 0.6 is 0 Å². The molecule has 7 heteroatoms. The molecule has 0 amide bonds. The summed E-state index contributed by atoms with van der Waals surface area (Å²) in [6.45, 7) is 0. The summed E-state index contributed by atoms with van der Waals surface area (Å²) in [6.07, 6.45) is 0.841. The predicted molar refractivity (Wildman–Crippen MR) is 86.6 cm³/mol. The summed E-state index contributed by atoms with van der Waals surface area (Å²) < 4.78 is 55.7. The van der Waals surface area contributed by atoms with E-state index in [2.05, 4.69) is 0 Å². The lowest BCUT2D eigenvalue weighted by Crippen LogP contribution is -2.24. The minimum absolute atomic E-state index is 0.0947. The monoisotopic (exact) mass is 369 g/mol. The second-order valence-electron chi connectivity index (χ2n) is 6.36. The van der Waals surface area contributed by atoms with E-state index in [1.165, 1.54) is 12.1 Å². The van der Waals surface area contributed by atoms with Gasteiger partial charge in [0.15, 0.2) is 5.83 Å². The summed E-state index contributed by atoms with van der Waals surface area (Å²) in [5.74, 6) is -1.01. The lowest BCUT2D eigenvalue weighted by Gasteiger charge is -2.28. The van der Waals surface area contributed by atoms with E-state index in [4.69, 9.17) is 10.00 Å². The first-order chi connectivity index (χ1) is 12.3. The lowest BCUT2D eigenvalue weighted by atomic mass is 9.84. The molecule has 0 N–H and O–H groups in total. The summed E-state index contributed by atoms with van der Waals surface area (Å²) in [4.78, 5) is 12.1. The quantitative estimate of drug-likeness (QED) is 0.387. The van der Waals surface area contributed by atoms with Crippen molar-refractivity contribution >= 4 is 5.97 Å². The Kier molecular flexibility index (Phi) is 6.78. The lowest BCUT2D eigenvalue weighted by molar-refractivity contribution is -0.137. The summed E-state index contributed by atoms with van der Waals surface area (Å²) in [5, 5.41) is 8.34. The standard InChI is InChI=1S/C19H19F4NO2/c20-16(12-24)3-1-2-13-4-10-17(11-5-13)26-18(25)14-6-8-15(9-7-14)19(21,22)23/h3,6-9,13,17H,1-2,4-5,10-11H2/b16-3-. The number of carbonyl (C=O) groups is 1. The van der Waals surface area contributed by atoms with Crippen molar-refractivity contribution in [2.45, 2.75) is 50.8 Å². The molecule has 0 aromatic heterocycles. The summed E-state index contributed by atoms with van der Waals surface area (Å²) >= 11 is 0. The van der Waals surface area contributed by atoms with Crippen LogP contribution in [0.5, 0.6) is 0 Å². The third-order valence-corrected chi connectivity index (χ3v) is 4.52. The van der Waals surface area contributed by atoms with Gasteiger partial charge in [0.1, 0.15) is 12.2 Å². The fraction of sp³-hybridized carbons (Fsp3) is 0.474. The third-order valence-electron chi connectivity index (χ3n) is 4.52. The number of rotatable bonds is 5. The van der Waals surface area contributed by atoms with Crippen LogP contribution in [0.1, 0.15) is 54.4 Å². The van der Waals surface area contributed by atoms with Crippen molar-refractivity contribution in [1.29, 1.82) is 5.26 Å². The first-order valence-corrected chi connectivity index (χ1v) is 8.43. The predicted octanol–water partition coefficient (Wildman–Crippen LogP) is 5.58. The van der Waals surface area contributed by atoms with E-state index in [1.807, 2.05) is 0 Å². The van der Waals surface area contributed by atoms with E-state index in [0.717, 1.165) is 43.5 Å². The van der Waals surface area contributed by atoms with Gasteiger partial charge in [0.2, 0.25) is 0 Å². The molecular formula is C19H19F4NO2. The van der Waals surface area contributed by atoms with Crippen LogP contribution < -0.4 is 0 Å². The van der Waals surface area contributed by atoms with Gasteiger partial charge in [-0.15, -0.1) is 0 Å². The van der Waals surface area contributed by atoms with Gasteiger partial charge >= 0.3 is 12.1 Å². The molecular weight excluding hydrogens is 350 g/mol. The maximum absolute atomic E-state index is 12.7. The Bertz CT molecular complexity index is 681. The van der Waals surface area contributed by atoms with Crippen molar-refractivity contribution in [3.8, 4) is 6.07 Å². The largest absolute Gasteiger partial charge is 0.459 e. The molecule has 0 saturated heterocycles. The normalized spacial score (nSPS) is 21.1. The topological polar surface area (TPSA) is 50.1 Å². The number of ether oxygens (including phenoxy) is 1. The summed E-state index contributed by atoms with van der Waals surface area (Å²) in [6, 6.07) is 5.39. The van der Waals surface area contributed by atoms with E-state index in [9.17, 15) is 22.4 Å². The van der Waals surface area contributed by atoms with Crippen molar-refractivity contribution in [3.05, 3.63) is 47.3 Å². The van der Waals surface area contributed by atoms with Crippen LogP contribution in [-0.4, -0.2) is 12.1 Å². The Balaban J connectivity index is 1.78. The maximum Gasteiger partial charge on any atom is 0.416 e. The summed E-state index contributed by atoms with van der Waals surface area (Å²) in [7, 11) is 0. The molecule has 1 aliphatic rings. The Labute approximate surface area is 149 Å². The van der Waals surface area contributed by atoms with E-state index in [0.29, 0.717) is 25.2 Å². The number of carbonyl (C=O) groups excluding carboxylic acids is 1. The highest BCUT2D eigenvalue weighted by molar-refractivity contribution is 5.89. The number of alkyl halides is 3. The molecule has 1 aromatic rings. The molecule has 0 bridgehead atoms. The molecule has 1 aromatic carbocycles. The Morgan fingerprint density at radius 1 is 1.19 bits per heavy atom. The van der Waals surface area contributed by atoms with E-state index in [1.54, 1.807) is 0 Å². The zero-order valence-corrected chi connectivity index (χ0v) is 14.1. The molecule has 140 valence electrons. The fourth-order valence-electron chi connectivity index (χ4n) is 3.04. The SMILES string of the molecule is N#C/C(F)=C/CCC1CCC(OC(=O)c2ccc(C(F)(F)F)cc2)CC1. The molecule has 26 heavy (non-hydrogen) atoms. The average molecular weight is 369 g/mol. The second-order valence-corrected chi connectivity index (χ2v) is 6.36. The van der Waals surface area contributed by atoms with Gasteiger partial charge in [-0.3, -0.25) is 0 Å². The number of benzene rings is 1. The van der Waals surface area contributed by atoms with Crippen molar-refractivity contribution in [3.63, 3.8) is 0 Å². The average Bonchev–Trinajstić information content (AvgIpc) is 2.62. The second kappa shape index (κ2) is 8.84. The molecule has 0 unspecified atom stereocenters. The highest BCUT2D eigenvalue weighted by atomic mass is 19.4. The van der Waals surface area contributed by atoms with Gasteiger partial charge in [-0.05, 0) is 74.8 Å². The highest BCUT2D eigenvalue weighted by Crippen LogP contribution is 2.31. The number of halogens is 4. The number of hydrogen-bond donors (Lipinski definition) is 0. The van der Waals surface area contributed by atoms with Crippen LogP contribution in [0.3, 0.4) is 0 Å². The van der Waals surface area contributed by atoms with E-state index >= 15 is 0 Å². The van der Waals surface area contributed by atoms with Crippen LogP contribution in [0, 0.1) is 17.2 Å². The fourth-order valence-corrected chi connectivity index (χ4v) is 3.04. The number of esters is 1. The van der Waals surface area contributed by atoms with Crippen LogP contribution in [0.4, 0.5) is 17.6 Å². The summed E-state index contributed by atoms with van der Waals surface area (Å²) in [5.41, 5.74) is -0.714. The van der Waals surface area contributed by atoms with E-state index in [-0.39, 0.29) is 11.7 Å². The van der Waals surface area contributed by atoms with Crippen molar-refractivity contribution in [2.24, 2.45) is 5.92 Å². The molecule has 0 aliphatic heterocycles. The molecule has 3 nitrogen and oxygen atoms in total. The minimum atomic E-state index is -4.44. The molecule has 1 aliphatic carbocycles. The molecule has 0 spiro atoms.